The van der Waals surface area contributed by atoms with Crippen molar-refractivity contribution < 1.29 is 4.42 Å². The molecule has 4 nitrogen and oxygen atoms in total. The fraction of sp³-hybridized carbons (Fsp3) is 0. The standard InChI is InChI=1S/C44H25N3OS/c1-3-12-26(13-4-1)40-32-23-22-29-28-16-8-10-21-37(28)49-43(29)41(32)46-44(45-40)33-19-11-18-31-39-36(48-42(31)33)25-24-35-38(39)30-17-7-9-20-34(30)47(35)27-14-5-2-6-15-27/h1-25H. The summed E-state index contributed by atoms with van der Waals surface area (Å²) in [5.41, 5.74) is 8.91. The first-order valence-corrected chi connectivity index (χ1v) is 17.2. The molecule has 7 aromatic carbocycles. The minimum absolute atomic E-state index is 0.656. The third-order valence-corrected chi connectivity index (χ3v) is 11.0. The zero-order chi connectivity index (χ0) is 32.1. The van der Waals surface area contributed by atoms with Crippen LogP contribution in [0.2, 0.25) is 0 Å². The van der Waals surface area contributed by atoms with Crippen LogP contribution in [0.4, 0.5) is 0 Å². The predicted molar refractivity (Wildman–Crippen MR) is 205 cm³/mol. The molecule has 11 rings (SSSR count). The Balaban J connectivity index is 1.24. The lowest BCUT2D eigenvalue weighted by molar-refractivity contribution is 0.670. The van der Waals surface area contributed by atoms with Gasteiger partial charge < -0.3 is 8.98 Å². The summed E-state index contributed by atoms with van der Waals surface area (Å²) in [6, 6.07) is 53.3. The zero-order valence-electron chi connectivity index (χ0n) is 26.1. The van der Waals surface area contributed by atoms with Crippen molar-refractivity contribution in [1.82, 2.24) is 14.5 Å². The van der Waals surface area contributed by atoms with Crippen molar-refractivity contribution in [1.29, 1.82) is 0 Å². The third kappa shape index (κ3) is 3.79. The van der Waals surface area contributed by atoms with Crippen molar-refractivity contribution in [2.75, 3.05) is 0 Å². The van der Waals surface area contributed by atoms with Gasteiger partial charge in [0.25, 0.3) is 0 Å². The highest BCUT2D eigenvalue weighted by Gasteiger charge is 2.22. The van der Waals surface area contributed by atoms with Gasteiger partial charge in [-0.05, 0) is 48.5 Å². The summed E-state index contributed by atoms with van der Waals surface area (Å²) in [6.45, 7) is 0. The van der Waals surface area contributed by atoms with Crippen LogP contribution in [0.15, 0.2) is 156 Å². The van der Waals surface area contributed by atoms with Gasteiger partial charge in [-0.1, -0.05) is 103 Å². The Morgan fingerprint density at radius 3 is 2.12 bits per heavy atom. The number of hydrogen-bond acceptors (Lipinski definition) is 4. The van der Waals surface area contributed by atoms with Gasteiger partial charge in [-0.15, -0.1) is 11.3 Å². The molecule has 0 unspecified atom stereocenters. The molecule has 4 heterocycles. The minimum atomic E-state index is 0.656. The predicted octanol–water partition coefficient (Wildman–Crippen LogP) is 12.3. The highest BCUT2D eigenvalue weighted by Crippen LogP contribution is 2.45. The van der Waals surface area contributed by atoms with Gasteiger partial charge in [-0.2, -0.15) is 0 Å². The summed E-state index contributed by atoms with van der Waals surface area (Å²) in [4.78, 5) is 10.7. The number of thiophene rings is 1. The number of para-hydroxylation sites is 3. The van der Waals surface area contributed by atoms with Gasteiger partial charge in [-0.25, -0.2) is 9.97 Å². The summed E-state index contributed by atoms with van der Waals surface area (Å²) >= 11 is 1.79. The Kier molecular flexibility index (Phi) is 5.51. The summed E-state index contributed by atoms with van der Waals surface area (Å²) in [5.74, 6) is 0.656. The molecular weight excluding hydrogens is 619 g/mol. The van der Waals surface area contributed by atoms with E-state index in [0.29, 0.717) is 5.82 Å². The summed E-state index contributed by atoms with van der Waals surface area (Å²) in [5, 5.41) is 8.06. The van der Waals surface area contributed by atoms with Gasteiger partial charge >= 0.3 is 0 Å². The fourth-order valence-corrected chi connectivity index (χ4v) is 8.88. The molecule has 0 radical (unpaired) electrons. The van der Waals surface area contributed by atoms with E-state index in [1.165, 1.54) is 36.5 Å². The van der Waals surface area contributed by atoms with Gasteiger partial charge in [0.15, 0.2) is 5.82 Å². The van der Waals surface area contributed by atoms with Crippen molar-refractivity contribution in [2.24, 2.45) is 0 Å². The van der Waals surface area contributed by atoms with Crippen LogP contribution in [-0.4, -0.2) is 14.5 Å². The van der Waals surface area contributed by atoms with E-state index in [2.05, 4.69) is 150 Å². The molecule has 228 valence electrons. The van der Waals surface area contributed by atoms with E-state index in [1.54, 1.807) is 11.3 Å². The lowest BCUT2D eigenvalue weighted by Crippen LogP contribution is -1.95. The van der Waals surface area contributed by atoms with Crippen LogP contribution in [-0.2, 0) is 0 Å². The van der Waals surface area contributed by atoms with Crippen molar-refractivity contribution in [3.63, 3.8) is 0 Å². The smallest absolute Gasteiger partial charge is 0.164 e. The number of furan rings is 1. The monoisotopic (exact) mass is 643 g/mol. The molecule has 11 aromatic rings. The molecule has 0 N–H and O–H groups in total. The Labute approximate surface area is 284 Å². The van der Waals surface area contributed by atoms with Crippen LogP contribution in [0.1, 0.15) is 0 Å². The van der Waals surface area contributed by atoms with E-state index in [4.69, 9.17) is 14.4 Å². The van der Waals surface area contributed by atoms with Gasteiger partial charge in [0.05, 0.1) is 32.5 Å². The number of hydrogen-bond donors (Lipinski definition) is 0. The van der Waals surface area contributed by atoms with E-state index in [9.17, 15) is 0 Å². The highest BCUT2D eigenvalue weighted by molar-refractivity contribution is 7.26. The first-order chi connectivity index (χ1) is 24.3. The van der Waals surface area contributed by atoms with Gasteiger partial charge in [-0.3, -0.25) is 0 Å². The Morgan fingerprint density at radius 2 is 1.24 bits per heavy atom. The Bertz CT molecular complexity index is 3100. The first-order valence-electron chi connectivity index (χ1n) is 16.4. The van der Waals surface area contributed by atoms with Gasteiger partial charge in [0, 0.05) is 53.7 Å². The van der Waals surface area contributed by atoms with E-state index >= 15 is 0 Å². The minimum Gasteiger partial charge on any atom is -0.455 e. The number of rotatable bonds is 3. The number of aromatic nitrogens is 3. The molecule has 0 saturated heterocycles. The SMILES string of the molecule is c1ccc(-c2nc(-c3cccc4c3oc3ccc5c(c6ccccc6n5-c5ccccc5)c34)nc3c2ccc2c4ccccc4sc23)cc1. The number of nitrogens with zero attached hydrogens (tertiary/aromatic N) is 3. The van der Waals surface area contributed by atoms with E-state index in [1.807, 2.05) is 6.07 Å². The molecular formula is C44H25N3OS. The number of benzene rings is 7. The summed E-state index contributed by atoms with van der Waals surface area (Å²) < 4.78 is 11.6. The topological polar surface area (TPSA) is 43.9 Å². The molecule has 0 amide bonds. The van der Waals surface area contributed by atoms with Gasteiger partial charge in [0.2, 0.25) is 0 Å². The zero-order valence-corrected chi connectivity index (χ0v) is 26.9. The fourth-order valence-electron chi connectivity index (χ4n) is 7.69. The molecule has 0 spiro atoms. The van der Waals surface area contributed by atoms with Crippen molar-refractivity contribution in [3.05, 3.63) is 152 Å². The molecule has 4 aromatic heterocycles. The highest BCUT2D eigenvalue weighted by atomic mass is 32.1. The van der Waals surface area contributed by atoms with Crippen molar-refractivity contribution in [3.8, 4) is 28.3 Å². The maximum Gasteiger partial charge on any atom is 0.164 e. The maximum absolute atomic E-state index is 6.82. The molecule has 0 bridgehead atoms. The molecule has 5 heteroatoms. The van der Waals surface area contributed by atoms with Crippen LogP contribution in [0.25, 0.3) is 103 Å². The second-order valence-corrected chi connectivity index (χ2v) is 13.6. The average molecular weight is 644 g/mol. The lowest BCUT2D eigenvalue weighted by Gasteiger charge is -2.10. The first kappa shape index (κ1) is 26.7. The molecule has 0 fully saturated rings. The van der Waals surface area contributed by atoms with E-state index in [0.717, 1.165) is 60.9 Å². The Morgan fingerprint density at radius 1 is 0.510 bits per heavy atom. The summed E-state index contributed by atoms with van der Waals surface area (Å²) in [7, 11) is 0. The summed E-state index contributed by atoms with van der Waals surface area (Å²) in [6.07, 6.45) is 0. The second kappa shape index (κ2) is 10.1. The third-order valence-electron chi connectivity index (χ3n) is 9.81. The molecule has 0 aliphatic heterocycles. The molecule has 0 aliphatic carbocycles. The average Bonchev–Trinajstić information content (AvgIpc) is 3.84. The molecule has 0 aliphatic rings. The Hall–Kier alpha value is -6.30. The van der Waals surface area contributed by atoms with Crippen molar-refractivity contribution >= 4 is 86.2 Å². The number of fused-ring (bicyclic) bond motifs is 12. The van der Waals surface area contributed by atoms with Crippen LogP contribution in [0.3, 0.4) is 0 Å². The lowest BCUT2D eigenvalue weighted by atomic mass is 10.0. The largest absolute Gasteiger partial charge is 0.455 e. The van der Waals surface area contributed by atoms with E-state index < -0.39 is 0 Å². The van der Waals surface area contributed by atoms with Crippen LogP contribution in [0, 0.1) is 0 Å². The van der Waals surface area contributed by atoms with Crippen molar-refractivity contribution in [2.45, 2.75) is 0 Å². The molecule has 49 heavy (non-hydrogen) atoms. The molecule has 0 atom stereocenters. The normalized spacial score (nSPS) is 12.1. The quantitative estimate of drug-likeness (QED) is 0.192. The van der Waals surface area contributed by atoms with Crippen LogP contribution in [0.5, 0.6) is 0 Å². The molecule has 0 saturated carbocycles. The van der Waals surface area contributed by atoms with Gasteiger partial charge in [0.1, 0.15) is 11.2 Å². The maximum atomic E-state index is 6.82. The van der Waals surface area contributed by atoms with Crippen LogP contribution >= 0.6 is 11.3 Å². The van der Waals surface area contributed by atoms with Crippen LogP contribution < -0.4 is 0 Å². The second-order valence-electron chi connectivity index (χ2n) is 12.5. The van der Waals surface area contributed by atoms with E-state index in [-0.39, 0.29) is 0 Å².